The molecule has 2 aromatic rings. The molecule has 5 nitrogen and oxygen atoms in total. The molecule has 0 saturated heterocycles. The van der Waals surface area contributed by atoms with Crippen LogP contribution in [0.1, 0.15) is 18.2 Å². The molecular formula is C18H20N2O3. The molecule has 0 bridgehead atoms. The van der Waals surface area contributed by atoms with Gasteiger partial charge in [-0.2, -0.15) is 0 Å². The van der Waals surface area contributed by atoms with Crippen molar-refractivity contribution in [2.75, 3.05) is 19.5 Å². The summed E-state index contributed by atoms with van der Waals surface area (Å²) in [6.07, 6.45) is 1.78. The summed E-state index contributed by atoms with van der Waals surface area (Å²) in [5.74, 6) is 1.61. The molecule has 0 unspecified atom stereocenters. The fourth-order valence-corrected chi connectivity index (χ4v) is 2.09. The molecule has 2 rings (SSSR count). The zero-order valence-electron chi connectivity index (χ0n) is 13.7. The van der Waals surface area contributed by atoms with Crippen LogP contribution in [0.2, 0.25) is 0 Å². The number of aryl methyl sites for hydroxylation is 1. The average molecular weight is 312 g/mol. The molecule has 1 N–H and O–H groups in total. The first kappa shape index (κ1) is 16.5. The van der Waals surface area contributed by atoms with Crippen molar-refractivity contribution in [1.29, 1.82) is 0 Å². The van der Waals surface area contributed by atoms with Gasteiger partial charge in [-0.25, -0.2) is 4.98 Å². The quantitative estimate of drug-likeness (QED) is 0.859. The topological polar surface area (TPSA) is 60.5 Å². The maximum absolute atomic E-state index is 12.2. The van der Waals surface area contributed by atoms with Crippen molar-refractivity contribution in [3.8, 4) is 11.5 Å². The molecule has 5 heteroatoms. The van der Waals surface area contributed by atoms with Crippen molar-refractivity contribution in [3.63, 3.8) is 0 Å². The minimum atomic E-state index is -0.196. The smallest absolute Gasteiger partial charge is 0.252 e. The summed E-state index contributed by atoms with van der Waals surface area (Å²) in [6, 6.07) is 11.0. The van der Waals surface area contributed by atoms with Gasteiger partial charge in [0, 0.05) is 11.3 Å². The first-order valence-electron chi connectivity index (χ1n) is 7.19. The molecule has 0 aliphatic rings. The maximum atomic E-state index is 12.2. The molecular weight excluding hydrogens is 292 g/mol. The Labute approximate surface area is 136 Å². The summed E-state index contributed by atoms with van der Waals surface area (Å²) in [4.78, 5) is 16.5. The predicted octanol–water partition coefficient (Wildman–Crippen LogP) is 3.45. The molecule has 1 amide bonds. The third-order valence-corrected chi connectivity index (χ3v) is 3.28. The highest BCUT2D eigenvalue weighted by molar-refractivity contribution is 6.05. The van der Waals surface area contributed by atoms with Gasteiger partial charge in [0.05, 0.1) is 14.2 Å². The highest BCUT2D eigenvalue weighted by Gasteiger charge is 2.08. The Morgan fingerprint density at radius 3 is 2.52 bits per heavy atom. The molecule has 0 saturated carbocycles. The molecule has 120 valence electrons. The highest BCUT2D eigenvalue weighted by atomic mass is 16.5. The number of anilines is 1. The van der Waals surface area contributed by atoms with E-state index in [1.807, 2.05) is 31.2 Å². The number of carbonyl (C=O) groups excluding carboxylic acids is 1. The van der Waals surface area contributed by atoms with E-state index in [4.69, 9.17) is 9.47 Å². The van der Waals surface area contributed by atoms with E-state index in [1.54, 1.807) is 39.4 Å². The fourth-order valence-electron chi connectivity index (χ4n) is 2.09. The zero-order chi connectivity index (χ0) is 16.8. The van der Waals surface area contributed by atoms with Crippen LogP contribution in [0.5, 0.6) is 11.5 Å². The summed E-state index contributed by atoms with van der Waals surface area (Å²) in [5.41, 5.74) is 2.28. The van der Waals surface area contributed by atoms with E-state index in [-0.39, 0.29) is 5.91 Å². The number of methoxy groups -OCH3 is 2. The number of nitrogens with zero attached hydrogens (tertiary/aromatic N) is 1. The zero-order valence-corrected chi connectivity index (χ0v) is 13.7. The summed E-state index contributed by atoms with van der Waals surface area (Å²) in [7, 11) is 3.16. The summed E-state index contributed by atoms with van der Waals surface area (Å²) in [6.45, 7) is 3.63. The van der Waals surface area contributed by atoms with E-state index in [1.165, 1.54) is 0 Å². The van der Waals surface area contributed by atoms with Crippen LogP contribution in [0.15, 0.2) is 42.0 Å². The predicted molar refractivity (Wildman–Crippen MR) is 90.8 cm³/mol. The Morgan fingerprint density at radius 1 is 1.13 bits per heavy atom. The summed E-state index contributed by atoms with van der Waals surface area (Å²) >= 11 is 0. The second-order valence-corrected chi connectivity index (χ2v) is 5.06. The van der Waals surface area contributed by atoms with E-state index in [2.05, 4.69) is 10.3 Å². The molecule has 1 aromatic carbocycles. The van der Waals surface area contributed by atoms with Crippen molar-refractivity contribution in [1.82, 2.24) is 4.98 Å². The molecule has 0 aliphatic heterocycles. The number of nitrogens with one attached hydrogen (secondary N) is 1. The van der Waals surface area contributed by atoms with Crippen LogP contribution in [-0.4, -0.2) is 25.1 Å². The van der Waals surface area contributed by atoms with Crippen molar-refractivity contribution >= 4 is 17.8 Å². The Balaban J connectivity index is 2.17. The number of aromatic nitrogens is 1. The van der Waals surface area contributed by atoms with Gasteiger partial charge in [-0.1, -0.05) is 12.1 Å². The van der Waals surface area contributed by atoms with E-state index < -0.39 is 0 Å². The Hall–Kier alpha value is -2.82. The first-order chi connectivity index (χ1) is 11.0. The first-order valence-corrected chi connectivity index (χ1v) is 7.19. The van der Waals surface area contributed by atoms with Gasteiger partial charge in [-0.15, -0.1) is 0 Å². The second kappa shape index (κ2) is 7.45. The van der Waals surface area contributed by atoms with Gasteiger partial charge in [0.1, 0.15) is 5.82 Å². The van der Waals surface area contributed by atoms with Gasteiger partial charge in [-0.05, 0) is 49.8 Å². The number of ether oxygens (including phenoxy) is 2. The van der Waals surface area contributed by atoms with Crippen molar-refractivity contribution < 1.29 is 14.3 Å². The largest absolute Gasteiger partial charge is 0.493 e. The average Bonchev–Trinajstić information content (AvgIpc) is 2.54. The van der Waals surface area contributed by atoms with Gasteiger partial charge in [-0.3, -0.25) is 4.79 Å². The Morgan fingerprint density at radius 2 is 1.87 bits per heavy atom. The maximum Gasteiger partial charge on any atom is 0.252 e. The molecule has 0 aliphatic carbocycles. The lowest BCUT2D eigenvalue weighted by molar-refractivity contribution is -0.112. The third-order valence-electron chi connectivity index (χ3n) is 3.28. The van der Waals surface area contributed by atoms with Crippen LogP contribution in [0.25, 0.3) is 6.08 Å². The Bertz CT molecular complexity index is 739. The van der Waals surface area contributed by atoms with E-state index >= 15 is 0 Å². The van der Waals surface area contributed by atoms with Crippen LogP contribution in [-0.2, 0) is 4.79 Å². The summed E-state index contributed by atoms with van der Waals surface area (Å²) < 4.78 is 10.5. The van der Waals surface area contributed by atoms with Crippen molar-refractivity contribution in [2.24, 2.45) is 0 Å². The number of hydrogen-bond donors (Lipinski definition) is 1. The molecule has 0 fully saturated rings. The lowest BCUT2D eigenvalue weighted by Gasteiger charge is -2.09. The van der Waals surface area contributed by atoms with Crippen LogP contribution in [0.3, 0.4) is 0 Å². The number of carbonyl (C=O) groups is 1. The molecule has 1 aromatic heterocycles. The van der Waals surface area contributed by atoms with Gasteiger partial charge in [0.25, 0.3) is 5.91 Å². The van der Waals surface area contributed by atoms with Crippen LogP contribution >= 0.6 is 0 Å². The second-order valence-electron chi connectivity index (χ2n) is 5.06. The fraction of sp³-hybridized carbons (Fsp3) is 0.222. The van der Waals surface area contributed by atoms with Crippen LogP contribution < -0.4 is 14.8 Å². The molecule has 0 atom stereocenters. The van der Waals surface area contributed by atoms with Gasteiger partial charge in [0.15, 0.2) is 11.5 Å². The van der Waals surface area contributed by atoms with E-state index in [0.29, 0.717) is 22.9 Å². The monoisotopic (exact) mass is 312 g/mol. The normalized spacial score (nSPS) is 11.0. The summed E-state index contributed by atoms with van der Waals surface area (Å²) in [5, 5.41) is 2.78. The Kier molecular flexibility index (Phi) is 5.36. The number of amides is 1. The van der Waals surface area contributed by atoms with E-state index in [0.717, 1.165) is 11.3 Å². The highest BCUT2D eigenvalue weighted by Crippen LogP contribution is 2.28. The van der Waals surface area contributed by atoms with Crippen molar-refractivity contribution in [3.05, 3.63) is 53.2 Å². The van der Waals surface area contributed by atoms with Crippen LogP contribution in [0, 0.1) is 6.92 Å². The number of benzene rings is 1. The number of rotatable bonds is 5. The van der Waals surface area contributed by atoms with Gasteiger partial charge in [0.2, 0.25) is 0 Å². The van der Waals surface area contributed by atoms with Crippen molar-refractivity contribution in [2.45, 2.75) is 13.8 Å². The molecule has 1 heterocycles. The van der Waals surface area contributed by atoms with Crippen LogP contribution in [0.4, 0.5) is 5.82 Å². The minimum absolute atomic E-state index is 0.196. The number of pyridine rings is 1. The minimum Gasteiger partial charge on any atom is -0.493 e. The van der Waals surface area contributed by atoms with E-state index in [9.17, 15) is 4.79 Å². The van der Waals surface area contributed by atoms with Gasteiger partial charge >= 0.3 is 0 Å². The third kappa shape index (κ3) is 4.32. The molecule has 23 heavy (non-hydrogen) atoms. The SMILES string of the molecule is COc1ccc(/C=C(\C)C(=O)Nc2cccc(C)n2)cc1OC. The lowest BCUT2D eigenvalue weighted by atomic mass is 10.1. The van der Waals surface area contributed by atoms with Gasteiger partial charge < -0.3 is 14.8 Å². The standard InChI is InChI=1S/C18H20N2O3/c1-12(18(21)20-17-7-5-6-13(2)19-17)10-14-8-9-15(22-3)16(11-14)23-4/h5-11H,1-4H3,(H,19,20,21)/b12-10+. The lowest BCUT2D eigenvalue weighted by Crippen LogP contribution is -2.13. The molecule has 0 spiro atoms. The number of hydrogen-bond acceptors (Lipinski definition) is 4. The molecule has 0 radical (unpaired) electrons.